The molecule has 66 valence electrons. The first-order valence-corrected chi connectivity index (χ1v) is 4.06. The van der Waals surface area contributed by atoms with E-state index in [1.165, 1.54) is 0 Å². The average Bonchev–Trinajstić information content (AvgIpc) is 2.48. The highest BCUT2D eigenvalue weighted by Crippen LogP contribution is 2.16. The molecule has 2 N–H and O–H groups in total. The van der Waals surface area contributed by atoms with Gasteiger partial charge in [-0.3, -0.25) is 4.79 Å². The first-order chi connectivity index (χ1) is 6.20. The normalized spacial score (nSPS) is 10.5. The van der Waals surface area contributed by atoms with E-state index in [2.05, 4.69) is 0 Å². The smallest absolute Gasteiger partial charge is 0.176 e. The third-order valence-electron chi connectivity index (χ3n) is 2.09. The molecule has 0 aliphatic heterocycles. The quantitative estimate of drug-likeness (QED) is 0.669. The molecule has 0 saturated carbocycles. The molecule has 2 aromatic rings. The second-order valence-corrected chi connectivity index (χ2v) is 2.99. The summed E-state index contributed by atoms with van der Waals surface area (Å²) >= 11 is 0. The number of Topliss-reactive ketones (excluding diaryl/α,β-unsaturated/α-hetero) is 1. The van der Waals surface area contributed by atoms with E-state index < -0.39 is 0 Å². The van der Waals surface area contributed by atoms with Gasteiger partial charge in [-0.25, -0.2) is 0 Å². The third-order valence-corrected chi connectivity index (χ3v) is 2.09. The summed E-state index contributed by atoms with van der Waals surface area (Å²) in [4.78, 5) is 11.2. The molecule has 0 bridgehead atoms. The lowest BCUT2D eigenvalue weighted by molar-refractivity contribution is 0.101. The molecular weight excluding hydrogens is 164 g/mol. The molecule has 0 aromatic carbocycles. The number of rotatable bonds is 1. The Balaban J connectivity index is 2.83. The summed E-state index contributed by atoms with van der Waals surface area (Å²) in [5, 5.41) is 0. The van der Waals surface area contributed by atoms with Crippen LogP contribution in [0.4, 0.5) is 5.69 Å². The van der Waals surface area contributed by atoms with Gasteiger partial charge in [0.2, 0.25) is 0 Å². The first kappa shape index (κ1) is 7.86. The predicted octanol–water partition coefficient (Wildman–Crippen LogP) is 1.72. The minimum Gasteiger partial charge on any atom is -0.397 e. The van der Waals surface area contributed by atoms with Gasteiger partial charge in [-0.05, 0) is 24.3 Å². The lowest BCUT2D eigenvalue weighted by atomic mass is 10.3. The molecule has 2 rings (SSSR count). The highest BCUT2D eigenvalue weighted by Gasteiger charge is 2.06. The van der Waals surface area contributed by atoms with Crippen LogP contribution in [0.2, 0.25) is 0 Å². The molecule has 0 saturated heterocycles. The number of pyridine rings is 1. The van der Waals surface area contributed by atoms with E-state index in [1.54, 1.807) is 17.4 Å². The van der Waals surface area contributed by atoms with E-state index in [9.17, 15) is 4.79 Å². The van der Waals surface area contributed by atoms with Gasteiger partial charge in [0, 0.05) is 13.1 Å². The van der Waals surface area contributed by atoms with Crippen molar-refractivity contribution in [2.75, 3.05) is 5.73 Å². The number of ketones is 1. The van der Waals surface area contributed by atoms with E-state index in [4.69, 9.17) is 5.73 Å². The van der Waals surface area contributed by atoms with Crippen molar-refractivity contribution in [1.29, 1.82) is 0 Å². The van der Waals surface area contributed by atoms with Crippen molar-refractivity contribution in [3.63, 3.8) is 0 Å². The second kappa shape index (κ2) is 2.62. The summed E-state index contributed by atoms with van der Waals surface area (Å²) in [6.07, 6.45) is 1.84. The topological polar surface area (TPSA) is 47.5 Å². The number of aromatic nitrogens is 1. The SMILES string of the molecule is CC(=O)c1ccc2c(N)cccn12. The van der Waals surface area contributed by atoms with Crippen LogP contribution in [0.5, 0.6) is 0 Å². The molecule has 0 amide bonds. The number of anilines is 1. The van der Waals surface area contributed by atoms with Gasteiger partial charge in [0.05, 0.1) is 16.9 Å². The molecule has 0 spiro atoms. The maximum Gasteiger partial charge on any atom is 0.176 e. The number of hydrogen-bond acceptors (Lipinski definition) is 2. The predicted molar refractivity (Wildman–Crippen MR) is 51.8 cm³/mol. The van der Waals surface area contributed by atoms with Crippen molar-refractivity contribution in [2.45, 2.75) is 6.92 Å². The number of fused-ring (bicyclic) bond motifs is 1. The lowest BCUT2D eigenvalue weighted by Gasteiger charge is -2.00. The number of carbonyl (C=O) groups is 1. The Morgan fingerprint density at radius 3 is 2.85 bits per heavy atom. The molecule has 3 heteroatoms. The maximum absolute atomic E-state index is 11.2. The summed E-state index contributed by atoms with van der Waals surface area (Å²) in [6, 6.07) is 7.29. The molecule has 0 aliphatic carbocycles. The van der Waals surface area contributed by atoms with Crippen LogP contribution in [-0.2, 0) is 0 Å². The van der Waals surface area contributed by atoms with Crippen molar-refractivity contribution in [1.82, 2.24) is 4.40 Å². The standard InChI is InChI=1S/C10H10N2O/c1-7(13)9-4-5-10-8(11)3-2-6-12(9)10/h2-6H,11H2,1H3. The Hall–Kier alpha value is -1.77. The summed E-state index contributed by atoms with van der Waals surface area (Å²) in [6.45, 7) is 1.55. The molecule has 3 nitrogen and oxygen atoms in total. The van der Waals surface area contributed by atoms with Crippen molar-refractivity contribution < 1.29 is 4.79 Å². The van der Waals surface area contributed by atoms with E-state index >= 15 is 0 Å². The van der Waals surface area contributed by atoms with Crippen LogP contribution >= 0.6 is 0 Å². The van der Waals surface area contributed by atoms with Crippen LogP contribution in [0.3, 0.4) is 0 Å². The molecule has 2 aromatic heterocycles. The number of nitrogens with two attached hydrogens (primary N) is 1. The highest BCUT2D eigenvalue weighted by molar-refractivity contribution is 5.94. The summed E-state index contributed by atoms with van der Waals surface area (Å²) in [5.41, 5.74) is 7.98. The molecular formula is C10H10N2O. The van der Waals surface area contributed by atoms with Gasteiger partial charge in [0.25, 0.3) is 0 Å². The van der Waals surface area contributed by atoms with E-state index in [0.717, 1.165) is 5.52 Å². The number of nitrogen functional groups attached to an aromatic ring is 1. The molecule has 2 heterocycles. The van der Waals surface area contributed by atoms with Gasteiger partial charge in [-0.1, -0.05) is 0 Å². The van der Waals surface area contributed by atoms with Crippen LogP contribution in [0.25, 0.3) is 5.52 Å². The number of hydrogen-bond donors (Lipinski definition) is 1. The minimum absolute atomic E-state index is 0.0469. The first-order valence-electron chi connectivity index (χ1n) is 4.06. The van der Waals surface area contributed by atoms with Crippen LogP contribution < -0.4 is 5.73 Å². The van der Waals surface area contributed by atoms with E-state index in [-0.39, 0.29) is 5.78 Å². The van der Waals surface area contributed by atoms with Gasteiger partial charge in [-0.15, -0.1) is 0 Å². The zero-order chi connectivity index (χ0) is 9.42. The largest absolute Gasteiger partial charge is 0.397 e. The van der Waals surface area contributed by atoms with Crippen molar-refractivity contribution in [3.05, 3.63) is 36.2 Å². The fraction of sp³-hybridized carbons (Fsp3) is 0.100. The molecule has 0 atom stereocenters. The molecule has 13 heavy (non-hydrogen) atoms. The number of carbonyl (C=O) groups excluding carboxylic acids is 1. The van der Waals surface area contributed by atoms with E-state index in [1.807, 2.05) is 24.4 Å². The summed E-state index contributed by atoms with van der Waals surface area (Å²) < 4.78 is 1.80. The Kier molecular flexibility index (Phi) is 1.59. The fourth-order valence-electron chi connectivity index (χ4n) is 1.45. The van der Waals surface area contributed by atoms with Crippen molar-refractivity contribution in [3.8, 4) is 0 Å². The maximum atomic E-state index is 11.2. The lowest BCUT2D eigenvalue weighted by Crippen LogP contribution is -1.99. The van der Waals surface area contributed by atoms with Gasteiger partial charge < -0.3 is 10.1 Å². The monoisotopic (exact) mass is 174 g/mol. The van der Waals surface area contributed by atoms with Crippen LogP contribution in [0, 0.1) is 0 Å². The van der Waals surface area contributed by atoms with Gasteiger partial charge in [0.1, 0.15) is 0 Å². The van der Waals surface area contributed by atoms with Gasteiger partial charge >= 0.3 is 0 Å². The van der Waals surface area contributed by atoms with Crippen LogP contribution in [0.15, 0.2) is 30.5 Å². The van der Waals surface area contributed by atoms with E-state index in [0.29, 0.717) is 11.4 Å². The zero-order valence-corrected chi connectivity index (χ0v) is 7.32. The van der Waals surface area contributed by atoms with Crippen LogP contribution in [-0.4, -0.2) is 10.2 Å². The molecule has 0 aliphatic rings. The van der Waals surface area contributed by atoms with Crippen molar-refractivity contribution in [2.24, 2.45) is 0 Å². The highest BCUT2D eigenvalue weighted by atomic mass is 16.1. The molecule has 0 unspecified atom stereocenters. The Morgan fingerprint density at radius 2 is 2.15 bits per heavy atom. The molecule has 0 radical (unpaired) electrons. The Labute approximate surface area is 75.8 Å². The average molecular weight is 174 g/mol. The van der Waals surface area contributed by atoms with Crippen molar-refractivity contribution >= 4 is 17.0 Å². The zero-order valence-electron chi connectivity index (χ0n) is 7.32. The minimum atomic E-state index is 0.0469. The Morgan fingerprint density at radius 1 is 1.38 bits per heavy atom. The number of nitrogens with zero attached hydrogens (tertiary/aromatic N) is 1. The van der Waals surface area contributed by atoms with Gasteiger partial charge in [-0.2, -0.15) is 0 Å². The third kappa shape index (κ3) is 1.09. The second-order valence-electron chi connectivity index (χ2n) is 2.99. The van der Waals surface area contributed by atoms with Gasteiger partial charge in [0.15, 0.2) is 5.78 Å². The Bertz CT molecular complexity index is 471. The molecule has 0 fully saturated rings. The fourth-order valence-corrected chi connectivity index (χ4v) is 1.45. The summed E-state index contributed by atoms with van der Waals surface area (Å²) in [5.74, 6) is 0.0469. The van der Waals surface area contributed by atoms with Crippen LogP contribution in [0.1, 0.15) is 17.4 Å². The summed E-state index contributed by atoms with van der Waals surface area (Å²) in [7, 11) is 0.